The Bertz CT molecular complexity index is 867. The number of halogens is 1. The third-order valence-electron chi connectivity index (χ3n) is 3.85. The maximum atomic E-state index is 12.9. The van der Waals surface area contributed by atoms with Crippen molar-refractivity contribution in [2.24, 2.45) is 0 Å². The molecule has 5 nitrogen and oxygen atoms in total. The number of fused-ring (bicyclic) bond motifs is 1. The van der Waals surface area contributed by atoms with Crippen LogP contribution in [0.5, 0.6) is 0 Å². The van der Waals surface area contributed by atoms with E-state index in [9.17, 15) is 9.18 Å². The van der Waals surface area contributed by atoms with E-state index >= 15 is 0 Å². The number of aryl methyl sites for hydroxylation is 1. The van der Waals surface area contributed by atoms with Crippen LogP contribution in [0.25, 0.3) is 4.96 Å². The van der Waals surface area contributed by atoms with Crippen LogP contribution in [-0.2, 0) is 6.42 Å². The van der Waals surface area contributed by atoms with Gasteiger partial charge in [-0.2, -0.15) is 0 Å². The first-order valence-electron chi connectivity index (χ1n) is 7.84. The molecule has 2 aromatic heterocycles. The number of hydrogen-bond donors (Lipinski definition) is 1. The highest BCUT2D eigenvalue weighted by Crippen LogP contribution is 2.25. The Morgan fingerprint density at radius 2 is 2.00 bits per heavy atom. The predicted molar refractivity (Wildman–Crippen MR) is 92.1 cm³/mol. The molecule has 24 heavy (non-hydrogen) atoms. The van der Waals surface area contributed by atoms with Crippen LogP contribution in [0.1, 0.15) is 46.5 Å². The van der Waals surface area contributed by atoms with Gasteiger partial charge < -0.3 is 5.32 Å². The van der Waals surface area contributed by atoms with Gasteiger partial charge in [0.2, 0.25) is 4.96 Å². The molecule has 0 aliphatic rings. The molecule has 0 aliphatic carbocycles. The van der Waals surface area contributed by atoms with Crippen molar-refractivity contribution in [3.8, 4) is 0 Å². The lowest BCUT2D eigenvalue weighted by atomic mass is 10.1. The molecule has 0 spiro atoms. The van der Waals surface area contributed by atoms with E-state index in [-0.39, 0.29) is 17.6 Å². The summed E-state index contributed by atoms with van der Waals surface area (Å²) in [5, 5.41) is 11.3. The Morgan fingerprint density at radius 1 is 1.29 bits per heavy atom. The number of carbonyl (C=O) groups excluding carboxylic acids is 1. The van der Waals surface area contributed by atoms with Crippen LogP contribution in [0.2, 0.25) is 0 Å². The van der Waals surface area contributed by atoms with Gasteiger partial charge in [-0.1, -0.05) is 37.3 Å². The van der Waals surface area contributed by atoms with Crippen LogP contribution in [-0.4, -0.2) is 27.0 Å². The smallest absolute Gasteiger partial charge is 0.263 e. The molecule has 0 saturated carbocycles. The Balaban J connectivity index is 1.70. The van der Waals surface area contributed by atoms with Crippen molar-refractivity contribution in [1.82, 2.24) is 19.9 Å². The van der Waals surface area contributed by atoms with Crippen molar-refractivity contribution >= 4 is 22.2 Å². The molecule has 3 rings (SSSR count). The summed E-state index contributed by atoms with van der Waals surface area (Å²) in [6.45, 7) is 6.51. The molecule has 126 valence electrons. The molecule has 0 aliphatic heterocycles. The third-order valence-corrected chi connectivity index (χ3v) is 4.98. The number of nitrogens with one attached hydrogen (secondary N) is 1. The number of rotatable bonds is 5. The lowest BCUT2D eigenvalue weighted by Gasteiger charge is -2.06. The molecular weight excluding hydrogens is 327 g/mol. The minimum atomic E-state index is -0.255. The van der Waals surface area contributed by atoms with Crippen LogP contribution in [0, 0.1) is 12.7 Å². The van der Waals surface area contributed by atoms with Gasteiger partial charge in [0.25, 0.3) is 5.91 Å². The fourth-order valence-electron chi connectivity index (χ4n) is 2.57. The van der Waals surface area contributed by atoms with Gasteiger partial charge >= 0.3 is 0 Å². The fourth-order valence-corrected chi connectivity index (χ4v) is 3.56. The summed E-state index contributed by atoms with van der Waals surface area (Å²) in [7, 11) is 0. The van der Waals surface area contributed by atoms with Gasteiger partial charge in [-0.15, -0.1) is 10.2 Å². The normalized spacial score (nSPS) is 11.4. The highest BCUT2D eigenvalue weighted by atomic mass is 32.1. The van der Waals surface area contributed by atoms with Crippen LogP contribution in [0.3, 0.4) is 0 Å². The zero-order valence-corrected chi connectivity index (χ0v) is 14.7. The molecule has 1 amide bonds. The van der Waals surface area contributed by atoms with E-state index in [4.69, 9.17) is 0 Å². The molecule has 1 aromatic carbocycles. The maximum absolute atomic E-state index is 12.9. The van der Waals surface area contributed by atoms with Gasteiger partial charge in [-0.05, 0) is 31.0 Å². The second-order valence-electron chi connectivity index (χ2n) is 5.98. The van der Waals surface area contributed by atoms with E-state index in [0.717, 1.165) is 22.0 Å². The number of nitrogens with zero attached hydrogens (tertiary/aromatic N) is 3. The predicted octanol–water partition coefficient (Wildman–Crippen LogP) is 3.33. The molecule has 7 heteroatoms. The molecule has 0 fully saturated rings. The zero-order valence-electron chi connectivity index (χ0n) is 13.8. The monoisotopic (exact) mass is 346 g/mol. The summed E-state index contributed by atoms with van der Waals surface area (Å²) >= 11 is 1.35. The van der Waals surface area contributed by atoms with Crippen molar-refractivity contribution in [3.63, 3.8) is 0 Å². The minimum absolute atomic E-state index is 0.111. The van der Waals surface area contributed by atoms with E-state index in [1.807, 2.05) is 11.3 Å². The van der Waals surface area contributed by atoms with Gasteiger partial charge in [-0.3, -0.25) is 9.20 Å². The molecular formula is C17H19FN4OS. The summed E-state index contributed by atoms with van der Waals surface area (Å²) in [6.07, 6.45) is 0.659. The van der Waals surface area contributed by atoms with Gasteiger partial charge in [-0.25, -0.2) is 4.39 Å². The van der Waals surface area contributed by atoms with E-state index in [1.165, 1.54) is 23.5 Å². The average Bonchev–Trinajstić information content (AvgIpc) is 3.10. The quantitative estimate of drug-likeness (QED) is 0.771. The molecule has 1 N–H and O–H groups in total. The lowest BCUT2D eigenvalue weighted by molar-refractivity contribution is 0.0957. The first-order valence-corrected chi connectivity index (χ1v) is 8.66. The van der Waals surface area contributed by atoms with Crippen molar-refractivity contribution in [2.75, 3.05) is 6.54 Å². The summed E-state index contributed by atoms with van der Waals surface area (Å²) in [4.78, 5) is 13.8. The number of aromatic nitrogens is 3. The largest absolute Gasteiger partial charge is 0.351 e. The van der Waals surface area contributed by atoms with E-state index < -0.39 is 0 Å². The molecule has 0 unspecified atom stereocenters. The van der Waals surface area contributed by atoms with Crippen LogP contribution in [0.4, 0.5) is 4.39 Å². The standard InChI is InChI=1S/C17H19FN4OS/c1-10(2)15-20-21-17-22(15)11(3)14(24-17)16(23)19-9-8-12-4-6-13(18)7-5-12/h4-7,10H,8-9H2,1-3H3,(H,19,23). The second-order valence-corrected chi connectivity index (χ2v) is 6.96. The molecule has 0 radical (unpaired) electrons. The minimum Gasteiger partial charge on any atom is -0.351 e. The molecule has 0 atom stereocenters. The highest BCUT2D eigenvalue weighted by Gasteiger charge is 2.20. The number of thiazole rings is 1. The first kappa shape index (κ1) is 16.6. The van der Waals surface area contributed by atoms with E-state index in [1.54, 1.807) is 12.1 Å². The summed E-state index contributed by atoms with van der Waals surface area (Å²) < 4.78 is 14.8. The molecule has 2 heterocycles. The Hall–Kier alpha value is -2.28. The van der Waals surface area contributed by atoms with Crippen LogP contribution >= 0.6 is 11.3 Å². The highest BCUT2D eigenvalue weighted by molar-refractivity contribution is 7.19. The zero-order chi connectivity index (χ0) is 17.3. The number of hydrogen-bond acceptors (Lipinski definition) is 4. The number of benzene rings is 1. The topological polar surface area (TPSA) is 59.3 Å². The average molecular weight is 346 g/mol. The fraction of sp³-hybridized carbons (Fsp3) is 0.353. The van der Waals surface area contributed by atoms with Crippen molar-refractivity contribution in [1.29, 1.82) is 0 Å². The van der Waals surface area contributed by atoms with Crippen molar-refractivity contribution < 1.29 is 9.18 Å². The summed E-state index contributed by atoms with van der Waals surface area (Å²) in [5.41, 5.74) is 1.85. The van der Waals surface area contributed by atoms with Crippen LogP contribution < -0.4 is 5.32 Å². The van der Waals surface area contributed by atoms with E-state index in [0.29, 0.717) is 17.8 Å². The maximum Gasteiger partial charge on any atom is 0.263 e. The SMILES string of the molecule is Cc1c(C(=O)NCCc2ccc(F)cc2)sc2nnc(C(C)C)n12. The number of amides is 1. The van der Waals surface area contributed by atoms with Gasteiger partial charge in [0, 0.05) is 18.2 Å². The van der Waals surface area contributed by atoms with Crippen molar-refractivity contribution in [3.05, 3.63) is 52.0 Å². The Labute approximate surface area is 143 Å². The van der Waals surface area contributed by atoms with Crippen LogP contribution in [0.15, 0.2) is 24.3 Å². The molecule has 0 bridgehead atoms. The summed E-state index contributed by atoms with van der Waals surface area (Å²) in [5.74, 6) is 0.738. The van der Waals surface area contributed by atoms with Gasteiger partial charge in [0.15, 0.2) is 0 Å². The van der Waals surface area contributed by atoms with Crippen molar-refractivity contribution in [2.45, 2.75) is 33.1 Å². The first-order chi connectivity index (χ1) is 11.5. The third kappa shape index (κ3) is 3.17. The second kappa shape index (κ2) is 6.68. The Morgan fingerprint density at radius 3 is 2.67 bits per heavy atom. The van der Waals surface area contributed by atoms with Gasteiger partial charge in [0.1, 0.15) is 16.5 Å². The number of carbonyl (C=O) groups is 1. The van der Waals surface area contributed by atoms with Gasteiger partial charge in [0.05, 0.1) is 0 Å². The Kier molecular flexibility index (Phi) is 4.62. The summed E-state index contributed by atoms with van der Waals surface area (Å²) in [6, 6.07) is 6.31. The molecule has 0 saturated heterocycles. The lowest BCUT2D eigenvalue weighted by Crippen LogP contribution is -2.25. The van der Waals surface area contributed by atoms with E-state index in [2.05, 4.69) is 29.4 Å². The molecule has 3 aromatic rings.